The van der Waals surface area contributed by atoms with E-state index in [4.69, 9.17) is 9.47 Å². The molecule has 0 amide bonds. The Kier molecular flexibility index (Phi) is 6.09. The van der Waals surface area contributed by atoms with Crippen molar-refractivity contribution in [1.29, 1.82) is 0 Å². The Hall–Kier alpha value is -2.16. The van der Waals surface area contributed by atoms with Crippen LogP contribution in [0.3, 0.4) is 0 Å². The largest absolute Gasteiger partial charge is 0.464 e. The fraction of sp³-hybridized carbons (Fsp3) is 0.450. The minimum Gasteiger partial charge on any atom is -0.464 e. The molecule has 1 fully saturated rings. The van der Waals surface area contributed by atoms with Gasteiger partial charge in [0.2, 0.25) is 0 Å². The lowest BCUT2D eigenvalue weighted by Crippen LogP contribution is -2.37. The average Bonchev–Trinajstić information content (AvgIpc) is 2.72. The van der Waals surface area contributed by atoms with Crippen molar-refractivity contribution in [2.24, 2.45) is 0 Å². The lowest BCUT2D eigenvalue weighted by atomic mass is 10.1. The lowest BCUT2D eigenvalue weighted by molar-refractivity contribution is -0.151. The number of hydrogen-bond donors (Lipinski definition) is 1. The van der Waals surface area contributed by atoms with Gasteiger partial charge in [-0.25, -0.2) is 14.8 Å². The molecule has 1 saturated heterocycles. The predicted octanol–water partition coefficient (Wildman–Crippen LogP) is 3.23. The van der Waals surface area contributed by atoms with Gasteiger partial charge >= 0.3 is 5.97 Å². The van der Waals surface area contributed by atoms with Crippen molar-refractivity contribution in [3.8, 4) is 0 Å². The van der Waals surface area contributed by atoms with Gasteiger partial charge in [0.15, 0.2) is 5.82 Å². The number of esters is 1. The molecule has 7 nitrogen and oxygen atoms in total. The molecule has 1 aromatic heterocycles. The van der Waals surface area contributed by atoms with Crippen LogP contribution < -0.4 is 5.32 Å². The summed E-state index contributed by atoms with van der Waals surface area (Å²) in [7, 11) is 0. The molecule has 8 heteroatoms. The molecule has 0 atom stereocenters. The number of carbonyl (C=O) groups excluding carboxylic acids is 1. The second-order valence-electron chi connectivity index (χ2n) is 6.86. The molecule has 0 saturated carbocycles. The summed E-state index contributed by atoms with van der Waals surface area (Å²) in [5.41, 5.74) is 2.35. The maximum atomic E-state index is 11.4. The highest BCUT2D eigenvalue weighted by atomic mass is 32.2. The van der Waals surface area contributed by atoms with Gasteiger partial charge in [-0.15, -0.1) is 0 Å². The van der Waals surface area contributed by atoms with Crippen LogP contribution in [0.25, 0.3) is 0 Å². The molecule has 4 rings (SSSR count). The number of aromatic nitrogens is 2. The molecule has 0 spiro atoms. The molecule has 1 aromatic carbocycles. The smallest absolute Gasteiger partial charge is 0.332 e. The van der Waals surface area contributed by atoms with E-state index in [2.05, 4.69) is 38.4 Å². The van der Waals surface area contributed by atoms with Crippen molar-refractivity contribution in [3.05, 3.63) is 36.2 Å². The first-order valence-electron chi connectivity index (χ1n) is 9.59. The number of rotatable bonds is 6. The number of piperidine rings is 1. The Morgan fingerprint density at radius 3 is 2.93 bits per heavy atom. The average molecular weight is 401 g/mol. The maximum Gasteiger partial charge on any atom is 0.332 e. The van der Waals surface area contributed by atoms with E-state index in [9.17, 15) is 4.79 Å². The summed E-state index contributed by atoms with van der Waals surface area (Å²) in [5.74, 6) is 0.535. The van der Waals surface area contributed by atoms with Gasteiger partial charge in [0.05, 0.1) is 18.4 Å². The normalized spacial score (nSPS) is 16.8. The molecule has 0 unspecified atom stereocenters. The predicted molar refractivity (Wildman–Crippen MR) is 107 cm³/mol. The molecule has 28 heavy (non-hydrogen) atoms. The third-order valence-electron chi connectivity index (χ3n) is 4.85. The standard InChI is InChI=1S/C20H24N4O3S/c1-2-26-18(25)13-27-15-5-9-24(10-6-15)12-14-3-4-17-16(11-14)23-19-20(28-17)22-8-7-21-19/h3-4,7-8,11,15H,2,5-6,9-10,12-13H2,1H3,(H,21,23). The molecule has 148 valence electrons. The summed E-state index contributed by atoms with van der Waals surface area (Å²) in [4.78, 5) is 23.7. The molecule has 3 heterocycles. The number of fused-ring (bicyclic) bond motifs is 2. The molecule has 0 radical (unpaired) electrons. The van der Waals surface area contributed by atoms with E-state index in [-0.39, 0.29) is 18.7 Å². The van der Waals surface area contributed by atoms with E-state index in [0.717, 1.165) is 49.0 Å². The fourth-order valence-electron chi connectivity index (χ4n) is 3.46. The van der Waals surface area contributed by atoms with Crippen molar-refractivity contribution in [1.82, 2.24) is 14.9 Å². The fourth-order valence-corrected chi connectivity index (χ4v) is 4.34. The Balaban J connectivity index is 1.29. The molecule has 2 aliphatic rings. The second-order valence-corrected chi connectivity index (χ2v) is 7.89. The van der Waals surface area contributed by atoms with Crippen molar-refractivity contribution in [2.75, 3.05) is 31.6 Å². The van der Waals surface area contributed by atoms with Crippen LogP contribution >= 0.6 is 11.8 Å². The third kappa shape index (κ3) is 4.63. The van der Waals surface area contributed by atoms with E-state index in [0.29, 0.717) is 6.61 Å². The van der Waals surface area contributed by atoms with Crippen molar-refractivity contribution in [3.63, 3.8) is 0 Å². The quantitative estimate of drug-likeness (QED) is 0.632. The Morgan fingerprint density at radius 1 is 1.29 bits per heavy atom. The number of likely N-dealkylation sites (tertiary alicyclic amines) is 1. The number of benzene rings is 1. The van der Waals surface area contributed by atoms with E-state index >= 15 is 0 Å². The van der Waals surface area contributed by atoms with Crippen molar-refractivity contribution in [2.45, 2.75) is 42.3 Å². The van der Waals surface area contributed by atoms with Gasteiger partial charge in [-0.1, -0.05) is 17.8 Å². The van der Waals surface area contributed by atoms with E-state index < -0.39 is 0 Å². The molecule has 2 aliphatic heterocycles. The number of hydrogen-bond acceptors (Lipinski definition) is 8. The summed E-state index contributed by atoms with van der Waals surface area (Å²) in [6, 6.07) is 6.52. The third-order valence-corrected chi connectivity index (χ3v) is 5.92. The molecular weight excluding hydrogens is 376 g/mol. The van der Waals surface area contributed by atoms with Crippen LogP contribution in [0.1, 0.15) is 25.3 Å². The van der Waals surface area contributed by atoms with Crippen LogP contribution in [0.2, 0.25) is 0 Å². The van der Waals surface area contributed by atoms with Crippen LogP contribution in [0.5, 0.6) is 0 Å². The van der Waals surface area contributed by atoms with Gasteiger partial charge in [-0.3, -0.25) is 4.90 Å². The SMILES string of the molecule is CCOC(=O)COC1CCN(Cc2ccc3c(c2)Nc2nccnc2S3)CC1. The number of anilines is 2. The summed E-state index contributed by atoms with van der Waals surface area (Å²) in [6.45, 7) is 5.07. The molecule has 0 bridgehead atoms. The van der Waals surface area contributed by atoms with Gasteiger partial charge in [0.25, 0.3) is 0 Å². The van der Waals surface area contributed by atoms with Crippen molar-refractivity contribution < 1.29 is 14.3 Å². The van der Waals surface area contributed by atoms with Gasteiger partial charge in [-0.2, -0.15) is 0 Å². The summed E-state index contributed by atoms with van der Waals surface area (Å²) >= 11 is 1.64. The zero-order valence-corrected chi connectivity index (χ0v) is 16.7. The van der Waals surface area contributed by atoms with Crippen LogP contribution in [0, 0.1) is 0 Å². The minimum atomic E-state index is -0.282. The Bertz CT molecular complexity index is 840. The highest BCUT2D eigenvalue weighted by Gasteiger charge is 2.22. The van der Waals surface area contributed by atoms with E-state index in [1.165, 1.54) is 10.5 Å². The van der Waals surface area contributed by atoms with Crippen molar-refractivity contribution >= 4 is 29.2 Å². The highest BCUT2D eigenvalue weighted by Crippen LogP contribution is 2.42. The molecule has 2 aromatic rings. The van der Waals surface area contributed by atoms with Crippen LogP contribution in [-0.2, 0) is 20.8 Å². The number of nitrogens with zero attached hydrogens (tertiary/aromatic N) is 3. The first-order valence-corrected chi connectivity index (χ1v) is 10.4. The topological polar surface area (TPSA) is 76.6 Å². The molecule has 1 N–H and O–H groups in total. The zero-order valence-electron chi connectivity index (χ0n) is 15.9. The first kappa shape index (κ1) is 19.2. The maximum absolute atomic E-state index is 11.4. The van der Waals surface area contributed by atoms with Gasteiger partial charge in [-0.05, 0) is 37.5 Å². The second kappa shape index (κ2) is 8.89. The van der Waals surface area contributed by atoms with Gasteiger partial charge in [0.1, 0.15) is 11.6 Å². The number of carbonyl (C=O) groups is 1. The van der Waals surface area contributed by atoms with E-state index in [1.54, 1.807) is 31.1 Å². The van der Waals surface area contributed by atoms with Gasteiger partial charge in [0, 0.05) is 36.9 Å². The van der Waals surface area contributed by atoms with E-state index in [1.807, 2.05) is 0 Å². The molecular formula is C20H24N4O3S. The number of nitrogens with one attached hydrogen (secondary N) is 1. The minimum absolute atomic E-state index is 0.0526. The zero-order chi connectivity index (χ0) is 19.3. The lowest BCUT2D eigenvalue weighted by Gasteiger charge is -2.32. The molecule has 0 aliphatic carbocycles. The van der Waals surface area contributed by atoms with Gasteiger partial charge < -0.3 is 14.8 Å². The van der Waals surface area contributed by atoms with Crippen LogP contribution in [0.15, 0.2) is 40.5 Å². The summed E-state index contributed by atoms with van der Waals surface area (Å²) < 4.78 is 10.6. The summed E-state index contributed by atoms with van der Waals surface area (Å²) in [6.07, 6.45) is 5.42. The Labute approximate surface area is 168 Å². The Morgan fingerprint density at radius 2 is 2.11 bits per heavy atom. The first-order chi connectivity index (χ1) is 13.7. The van der Waals surface area contributed by atoms with Crippen LogP contribution in [0.4, 0.5) is 11.5 Å². The van der Waals surface area contributed by atoms with Crippen LogP contribution in [-0.4, -0.2) is 53.2 Å². The monoisotopic (exact) mass is 400 g/mol. The number of ether oxygens (including phenoxy) is 2. The summed E-state index contributed by atoms with van der Waals surface area (Å²) in [5, 5.41) is 4.30. The highest BCUT2D eigenvalue weighted by molar-refractivity contribution is 7.99.